The Morgan fingerprint density at radius 2 is 2.00 bits per heavy atom. The van der Waals surface area contributed by atoms with Gasteiger partial charge in [0.05, 0.1) is 6.54 Å². The van der Waals surface area contributed by atoms with Crippen LogP contribution in [0.15, 0.2) is 12.4 Å². The predicted molar refractivity (Wildman–Crippen MR) is 77.8 cm³/mol. The van der Waals surface area contributed by atoms with Crippen molar-refractivity contribution in [3.05, 3.63) is 18.2 Å². The summed E-state index contributed by atoms with van der Waals surface area (Å²) in [4.78, 5) is 6.28. The van der Waals surface area contributed by atoms with Gasteiger partial charge in [-0.2, -0.15) is 8.78 Å². The van der Waals surface area contributed by atoms with Gasteiger partial charge in [0, 0.05) is 37.6 Å². The zero-order valence-corrected chi connectivity index (χ0v) is 12.7. The van der Waals surface area contributed by atoms with E-state index >= 15 is 0 Å². The molecule has 4 nitrogen and oxygen atoms in total. The Bertz CT molecular complexity index is 416. The molecule has 2 bridgehead atoms. The van der Waals surface area contributed by atoms with Gasteiger partial charge < -0.3 is 5.32 Å². The number of alkyl halides is 2. The lowest BCUT2D eigenvalue weighted by Crippen LogP contribution is -2.35. The van der Waals surface area contributed by atoms with E-state index in [1.54, 1.807) is 0 Å². The number of hydrogen-bond acceptors (Lipinski definition) is 3. The van der Waals surface area contributed by atoms with E-state index in [9.17, 15) is 8.78 Å². The second kappa shape index (κ2) is 7.54. The van der Waals surface area contributed by atoms with Crippen LogP contribution >= 0.6 is 24.8 Å². The number of rotatable bonds is 3. The number of likely N-dealkylation sites (tertiary alicyclic amines) is 1. The largest absolute Gasteiger partial charge is 0.319 e. The van der Waals surface area contributed by atoms with Gasteiger partial charge in [-0.25, -0.2) is 4.98 Å². The number of nitrogens with one attached hydrogen (secondary N) is 1. The first-order valence-corrected chi connectivity index (χ1v) is 6.50. The van der Waals surface area contributed by atoms with E-state index in [-0.39, 0.29) is 24.8 Å². The molecular formula is C12H20Cl2F2N4. The van der Waals surface area contributed by atoms with Crippen LogP contribution in [0.2, 0.25) is 0 Å². The molecule has 3 rings (SSSR count). The van der Waals surface area contributed by atoms with Crippen molar-refractivity contribution >= 4 is 24.8 Å². The summed E-state index contributed by atoms with van der Waals surface area (Å²) in [7, 11) is 0. The molecule has 0 spiro atoms. The molecule has 0 saturated carbocycles. The summed E-state index contributed by atoms with van der Waals surface area (Å²) in [5.41, 5.74) is 0. The van der Waals surface area contributed by atoms with Crippen molar-refractivity contribution in [1.29, 1.82) is 0 Å². The molecule has 3 heterocycles. The van der Waals surface area contributed by atoms with Crippen LogP contribution in [0.5, 0.6) is 0 Å². The summed E-state index contributed by atoms with van der Waals surface area (Å²) >= 11 is 0. The zero-order chi connectivity index (χ0) is 12.5. The molecule has 8 heteroatoms. The molecule has 2 saturated heterocycles. The zero-order valence-electron chi connectivity index (χ0n) is 11.0. The molecule has 1 N–H and O–H groups in total. The Kier molecular flexibility index (Phi) is 6.64. The van der Waals surface area contributed by atoms with Crippen molar-refractivity contribution in [2.75, 3.05) is 13.1 Å². The molecule has 1 aromatic rings. The Hall–Kier alpha value is -0.430. The highest BCUT2D eigenvalue weighted by molar-refractivity contribution is 5.85. The smallest absolute Gasteiger partial charge is 0.310 e. The van der Waals surface area contributed by atoms with Gasteiger partial charge in [-0.05, 0) is 19.3 Å². The summed E-state index contributed by atoms with van der Waals surface area (Å²) in [5, 5.41) is 3.58. The fourth-order valence-electron chi connectivity index (χ4n) is 3.00. The van der Waals surface area contributed by atoms with Crippen LogP contribution in [0.1, 0.15) is 31.6 Å². The average Bonchev–Trinajstić information content (AvgIpc) is 2.88. The number of hydrogen-bond donors (Lipinski definition) is 1. The molecule has 2 aliphatic rings. The van der Waals surface area contributed by atoms with E-state index in [1.165, 1.54) is 25.2 Å². The van der Waals surface area contributed by atoms with Crippen LogP contribution in [0.4, 0.5) is 8.78 Å². The highest BCUT2D eigenvalue weighted by Crippen LogP contribution is 2.22. The minimum Gasteiger partial charge on any atom is -0.310 e. The molecule has 2 atom stereocenters. The van der Waals surface area contributed by atoms with E-state index in [2.05, 4.69) is 15.2 Å². The lowest BCUT2D eigenvalue weighted by Gasteiger charge is -2.23. The summed E-state index contributed by atoms with van der Waals surface area (Å²) in [6, 6.07) is 1.14. The topological polar surface area (TPSA) is 33.1 Å². The summed E-state index contributed by atoms with van der Waals surface area (Å²) in [5.74, 6) is 0.461. The maximum absolute atomic E-state index is 12.7. The maximum atomic E-state index is 12.7. The molecule has 0 amide bonds. The number of halogens is 4. The molecule has 2 aliphatic heterocycles. The van der Waals surface area contributed by atoms with Crippen LogP contribution in [-0.4, -0.2) is 39.6 Å². The summed E-state index contributed by atoms with van der Waals surface area (Å²) < 4.78 is 26.4. The van der Waals surface area contributed by atoms with Gasteiger partial charge in [-0.1, -0.05) is 0 Å². The molecule has 0 aliphatic carbocycles. The summed E-state index contributed by atoms with van der Waals surface area (Å²) in [6.45, 7) is -0.0805. The number of aromatic nitrogens is 2. The standard InChI is InChI=1S/C12H18F2N4.2ClH/c13-12(14)18-6-4-15-11(18)8-17-5-3-9-1-2-10(7-17)16-9;;/h4,6,9-10,12,16H,1-3,5,7-8H2;2*1H. The van der Waals surface area contributed by atoms with Crippen LogP contribution in [0.25, 0.3) is 0 Å². The molecule has 0 aromatic carbocycles. The first-order valence-electron chi connectivity index (χ1n) is 6.50. The second-order valence-electron chi connectivity index (χ2n) is 5.19. The number of imidazole rings is 1. The molecular weight excluding hydrogens is 309 g/mol. The molecule has 116 valence electrons. The van der Waals surface area contributed by atoms with Crippen LogP contribution in [-0.2, 0) is 6.54 Å². The van der Waals surface area contributed by atoms with Crippen molar-refractivity contribution in [2.24, 2.45) is 0 Å². The van der Waals surface area contributed by atoms with Crippen molar-refractivity contribution in [3.8, 4) is 0 Å². The monoisotopic (exact) mass is 328 g/mol. The van der Waals surface area contributed by atoms with Gasteiger partial charge in [0.1, 0.15) is 5.82 Å². The molecule has 0 radical (unpaired) electrons. The van der Waals surface area contributed by atoms with E-state index in [0.29, 0.717) is 24.5 Å². The minimum atomic E-state index is -2.50. The molecule has 1 aromatic heterocycles. The summed E-state index contributed by atoms with van der Waals surface area (Å²) in [6.07, 6.45) is 6.35. The quantitative estimate of drug-likeness (QED) is 0.925. The van der Waals surface area contributed by atoms with Crippen molar-refractivity contribution < 1.29 is 8.78 Å². The van der Waals surface area contributed by atoms with Crippen molar-refractivity contribution in [1.82, 2.24) is 19.8 Å². The van der Waals surface area contributed by atoms with E-state index < -0.39 is 6.55 Å². The highest BCUT2D eigenvalue weighted by atomic mass is 35.5. The van der Waals surface area contributed by atoms with Gasteiger partial charge in [0.2, 0.25) is 0 Å². The number of nitrogens with zero attached hydrogens (tertiary/aromatic N) is 3. The lowest BCUT2D eigenvalue weighted by atomic mass is 10.1. The Balaban J connectivity index is 0.000001000. The van der Waals surface area contributed by atoms with Crippen LogP contribution in [0.3, 0.4) is 0 Å². The molecule has 2 unspecified atom stereocenters. The van der Waals surface area contributed by atoms with Crippen molar-refractivity contribution in [3.63, 3.8) is 0 Å². The average molecular weight is 329 g/mol. The third kappa shape index (κ3) is 3.81. The van der Waals surface area contributed by atoms with Gasteiger partial charge in [0.25, 0.3) is 0 Å². The molecule has 2 fully saturated rings. The lowest BCUT2D eigenvalue weighted by molar-refractivity contribution is 0.0637. The Labute approximate surface area is 129 Å². The fourth-order valence-corrected chi connectivity index (χ4v) is 3.00. The van der Waals surface area contributed by atoms with Gasteiger partial charge in [-0.15, -0.1) is 24.8 Å². The molecule has 20 heavy (non-hydrogen) atoms. The Morgan fingerprint density at radius 3 is 2.75 bits per heavy atom. The van der Waals surface area contributed by atoms with E-state index in [0.717, 1.165) is 24.1 Å². The van der Waals surface area contributed by atoms with Gasteiger partial charge >= 0.3 is 6.55 Å². The highest BCUT2D eigenvalue weighted by Gasteiger charge is 2.29. The first-order chi connectivity index (χ1) is 8.72. The SMILES string of the molecule is Cl.Cl.FC(F)n1ccnc1CN1CCC2CCC(C1)N2. The normalized spacial score (nSPS) is 25.9. The number of fused-ring (bicyclic) bond motifs is 2. The Morgan fingerprint density at radius 1 is 1.25 bits per heavy atom. The maximum Gasteiger partial charge on any atom is 0.319 e. The van der Waals surface area contributed by atoms with Crippen LogP contribution in [0, 0.1) is 0 Å². The van der Waals surface area contributed by atoms with Gasteiger partial charge in [-0.3, -0.25) is 9.47 Å². The minimum absolute atomic E-state index is 0. The van der Waals surface area contributed by atoms with Crippen molar-refractivity contribution in [2.45, 2.75) is 44.4 Å². The third-order valence-corrected chi connectivity index (χ3v) is 3.93. The van der Waals surface area contributed by atoms with E-state index in [1.807, 2.05) is 0 Å². The van der Waals surface area contributed by atoms with Gasteiger partial charge in [0.15, 0.2) is 0 Å². The van der Waals surface area contributed by atoms with Crippen LogP contribution < -0.4 is 5.32 Å². The fraction of sp³-hybridized carbons (Fsp3) is 0.750. The second-order valence-corrected chi connectivity index (χ2v) is 5.19. The first kappa shape index (κ1) is 17.6. The third-order valence-electron chi connectivity index (χ3n) is 3.93. The van der Waals surface area contributed by atoms with E-state index in [4.69, 9.17) is 0 Å². The predicted octanol–water partition coefficient (Wildman–Crippen LogP) is 2.45.